The van der Waals surface area contributed by atoms with Gasteiger partial charge < -0.3 is 0 Å². The number of hydrogen-bond donors (Lipinski definition) is 0. The van der Waals surface area contributed by atoms with Crippen molar-refractivity contribution in [2.75, 3.05) is 0 Å². The van der Waals surface area contributed by atoms with Gasteiger partial charge in [-0.3, -0.25) is 13.7 Å². The maximum atomic E-state index is 5.48. The first-order valence-electron chi connectivity index (χ1n) is 18.5. The number of aromatic nitrogens is 6. The molecule has 7 aromatic carbocycles. The highest BCUT2D eigenvalue weighted by Gasteiger charge is 2.25. The average Bonchev–Trinajstić information content (AvgIpc) is 3.91. The molecule has 0 saturated heterocycles. The topological polar surface area (TPSA) is 53.5 Å². The summed E-state index contributed by atoms with van der Waals surface area (Å²) in [6.07, 6.45) is 0. The Bertz CT molecular complexity index is 3110. The van der Waals surface area contributed by atoms with Gasteiger partial charge in [0.2, 0.25) is 5.95 Å². The second-order valence-electron chi connectivity index (χ2n) is 13.7. The molecule has 0 aliphatic heterocycles. The van der Waals surface area contributed by atoms with Crippen LogP contribution in [0.5, 0.6) is 0 Å². The predicted octanol–water partition coefficient (Wildman–Crippen LogP) is 11.9. The lowest BCUT2D eigenvalue weighted by Gasteiger charge is -2.12. The molecule has 0 atom stereocenters. The number of para-hydroxylation sites is 3. The minimum absolute atomic E-state index is 0.617. The number of nitrogens with zero attached hydrogens (tertiary/aromatic N) is 6. The Kier molecular flexibility index (Phi) is 7.07. The Balaban J connectivity index is 1.29. The van der Waals surface area contributed by atoms with Crippen molar-refractivity contribution in [3.63, 3.8) is 0 Å². The monoisotopic (exact) mass is 704 g/mol. The Hall–Kier alpha value is -7.57. The van der Waals surface area contributed by atoms with Gasteiger partial charge in [-0.25, -0.2) is 15.0 Å². The molecule has 55 heavy (non-hydrogen) atoms. The maximum Gasteiger partial charge on any atom is 0.235 e. The van der Waals surface area contributed by atoms with E-state index in [0.29, 0.717) is 5.95 Å². The number of benzene rings is 7. The van der Waals surface area contributed by atoms with Crippen molar-refractivity contribution in [2.24, 2.45) is 0 Å². The van der Waals surface area contributed by atoms with E-state index in [1.54, 1.807) is 0 Å². The van der Waals surface area contributed by atoms with Crippen LogP contribution in [0.1, 0.15) is 0 Å². The molecule has 4 aromatic heterocycles. The highest BCUT2D eigenvalue weighted by atomic mass is 15.2. The normalized spacial score (nSPS) is 11.6. The number of hydrogen-bond acceptors (Lipinski definition) is 3. The molecule has 258 valence electrons. The fraction of sp³-hybridized carbons (Fsp3) is 0. The standard InChI is InChI=1S/C49H32N6/c1-6-18-33(19-7-1)41-32-42(34-20-8-2-9-21-34)51-49(50-41)55-43-29-17-16-28-38(43)39-30-45-40(31-44(39)55)46-48(53(45)36-24-12-4-13-25-36)52-47(35-22-10-3-11-23-35)54(46)37-26-14-5-15-27-37/h1-32H. The Morgan fingerprint density at radius 3 is 1.40 bits per heavy atom. The molecule has 0 N–H and O–H groups in total. The van der Waals surface area contributed by atoms with Crippen molar-refractivity contribution in [2.45, 2.75) is 0 Å². The molecule has 0 saturated carbocycles. The lowest BCUT2D eigenvalue weighted by molar-refractivity contribution is 0.996. The van der Waals surface area contributed by atoms with Crippen LogP contribution in [0.2, 0.25) is 0 Å². The number of fused-ring (bicyclic) bond motifs is 6. The first-order valence-corrected chi connectivity index (χ1v) is 18.5. The third-order valence-electron chi connectivity index (χ3n) is 10.5. The van der Waals surface area contributed by atoms with Gasteiger partial charge in [0.25, 0.3) is 0 Å². The fourth-order valence-electron chi connectivity index (χ4n) is 8.01. The second kappa shape index (κ2) is 12.5. The third-order valence-corrected chi connectivity index (χ3v) is 10.5. The summed E-state index contributed by atoms with van der Waals surface area (Å²) in [5, 5.41) is 3.32. The molecule has 11 rings (SSSR count). The maximum absolute atomic E-state index is 5.48. The van der Waals surface area contributed by atoms with Gasteiger partial charge in [-0.05, 0) is 48.5 Å². The molecule has 4 heterocycles. The van der Waals surface area contributed by atoms with E-state index >= 15 is 0 Å². The van der Waals surface area contributed by atoms with Crippen molar-refractivity contribution in [3.05, 3.63) is 194 Å². The second-order valence-corrected chi connectivity index (χ2v) is 13.7. The first kappa shape index (κ1) is 31.0. The SMILES string of the molecule is c1ccc(-c2cc(-c3ccccc3)nc(-n3c4ccccc4c4cc5c(cc43)c3c(nc(-c4ccccc4)n3-c3ccccc3)n5-c3ccccc3)n2)cc1. The summed E-state index contributed by atoms with van der Waals surface area (Å²) in [4.78, 5) is 16.1. The van der Waals surface area contributed by atoms with Gasteiger partial charge in [0, 0.05) is 44.2 Å². The van der Waals surface area contributed by atoms with Gasteiger partial charge in [0.05, 0.1) is 27.9 Å². The summed E-state index contributed by atoms with van der Waals surface area (Å²) < 4.78 is 6.85. The predicted molar refractivity (Wildman–Crippen MR) is 224 cm³/mol. The molecule has 0 aliphatic rings. The summed E-state index contributed by atoms with van der Waals surface area (Å²) in [5.41, 5.74) is 12.0. The van der Waals surface area contributed by atoms with Crippen molar-refractivity contribution < 1.29 is 0 Å². The lowest BCUT2D eigenvalue weighted by atomic mass is 10.1. The van der Waals surface area contributed by atoms with Crippen LogP contribution in [0.15, 0.2) is 194 Å². The van der Waals surface area contributed by atoms with Gasteiger partial charge in [0.1, 0.15) is 11.3 Å². The molecule has 0 fully saturated rings. The number of rotatable bonds is 6. The lowest BCUT2D eigenvalue weighted by Crippen LogP contribution is -2.04. The Morgan fingerprint density at radius 2 is 0.800 bits per heavy atom. The van der Waals surface area contributed by atoms with Crippen LogP contribution in [0.25, 0.3) is 95.1 Å². The largest absolute Gasteiger partial charge is 0.293 e. The summed E-state index contributed by atoms with van der Waals surface area (Å²) >= 11 is 0. The first-order chi connectivity index (χ1) is 27.3. The average molecular weight is 705 g/mol. The minimum atomic E-state index is 0.617. The van der Waals surface area contributed by atoms with E-state index in [2.05, 4.69) is 190 Å². The van der Waals surface area contributed by atoms with Crippen molar-refractivity contribution >= 4 is 43.9 Å². The molecule has 0 bridgehead atoms. The van der Waals surface area contributed by atoms with Gasteiger partial charge in [0.15, 0.2) is 5.65 Å². The third kappa shape index (κ3) is 5.00. The van der Waals surface area contributed by atoms with Crippen LogP contribution in [0.4, 0.5) is 0 Å². The molecule has 6 heteroatoms. The van der Waals surface area contributed by atoms with Crippen LogP contribution in [-0.2, 0) is 0 Å². The van der Waals surface area contributed by atoms with E-state index in [0.717, 1.165) is 89.2 Å². The Labute approximate surface area is 316 Å². The smallest absolute Gasteiger partial charge is 0.235 e. The molecular formula is C49H32N6. The molecule has 0 spiro atoms. The van der Waals surface area contributed by atoms with E-state index in [1.165, 1.54) is 0 Å². The zero-order valence-electron chi connectivity index (χ0n) is 29.7. The summed E-state index contributed by atoms with van der Waals surface area (Å²) in [5.74, 6) is 1.50. The molecule has 6 nitrogen and oxygen atoms in total. The summed E-state index contributed by atoms with van der Waals surface area (Å²) in [6.45, 7) is 0. The van der Waals surface area contributed by atoms with E-state index in [4.69, 9.17) is 15.0 Å². The van der Waals surface area contributed by atoms with Crippen LogP contribution in [0, 0.1) is 0 Å². The van der Waals surface area contributed by atoms with E-state index < -0.39 is 0 Å². The van der Waals surface area contributed by atoms with E-state index in [9.17, 15) is 0 Å². The molecule has 11 aromatic rings. The van der Waals surface area contributed by atoms with Crippen molar-refractivity contribution in [3.8, 4) is 51.2 Å². The molecular weight excluding hydrogens is 673 g/mol. The molecule has 0 aliphatic carbocycles. The van der Waals surface area contributed by atoms with Gasteiger partial charge >= 0.3 is 0 Å². The van der Waals surface area contributed by atoms with Gasteiger partial charge in [-0.1, -0.05) is 146 Å². The Morgan fingerprint density at radius 1 is 0.327 bits per heavy atom. The molecule has 0 unspecified atom stereocenters. The summed E-state index contributed by atoms with van der Waals surface area (Å²) in [7, 11) is 0. The highest BCUT2D eigenvalue weighted by molar-refractivity contribution is 6.18. The van der Waals surface area contributed by atoms with Gasteiger partial charge in [-0.2, -0.15) is 0 Å². The fourth-order valence-corrected chi connectivity index (χ4v) is 8.01. The van der Waals surface area contributed by atoms with Gasteiger partial charge in [-0.15, -0.1) is 0 Å². The van der Waals surface area contributed by atoms with Crippen molar-refractivity contribution in [1.82, 2.24) is 28.7 Å². The molecule has 0 amide bonds. The quantitative estimate of drug-likeness (QED) is 0.173. The zero-order valence-corrected chi connectivity index (χ0v) is 29.7. The highest BCUT2D eigenvalue weighted by Crippen LogP contribution is 2.42. The van der Waals surface area contributed by atoms with Crippen LogP contribution in [0.3, 0.4) is 0 Å². The minimum Gasteiger partial charge on any atom is -0.293 e. The van der Waals surface area contributed by atoms with Crippen LogP contribution < -0.4 is 0 Å². The van der Waals surface area contributed by atoms with E-state index in [1.807, 2.05) is 18.2 Å². The zero-order chi connectivity index (χ0) is 36.3. The van der Waals surface area contributed by atoms with Crippen molar-refractivity contribution in [1.29, 1.82) is 0 Å². The van der Waals surface area contributed by atoms with Crippen LogP contribution in [-0.4, -0.2) is 28.7 Å². The number of imidazole rings is 1. The summed E-state index contributed by atoms with van der Waals surface area (Å²) in [6, 6.07) is 67.6. The van der Waals surface area contributed by atoms with Crippen LogP contribution >= 0.6 is 0 Å². The molecule has 0 radical (unpaired) electrons. The van der Waals surface area contributed by atoms with E-state index in [-0.39, 0.29) is 0 Å².